The first kappa shape index (κ1) is 16.4. The number of hydrogen-bond donors (Lipinski definition) is 1. The number of rotatable bonds is 8. The standard InChI is InChI=1S/C14H23O4P/c1-4-18-19(15,16)14(10-12(2)3)17-11-13-8-6-5-7-9-13/h5-9,12,14H,4,10-11H2,1-3H3,(H,15,16)/t14-/m0/s1. The van der Waals surface area contributed by atoms with Gasteiger partial charge in [0.25, 0.3) is 0 Å². The maximum Gasteiger partial charge on any atom is 0.356 e. The third-order valence-electron chi connectivity index (χ3n) is 2.64. The largest absolute Gasteiger partial charge is 0.361 e. The van der Waals surface area contributed by atoms with Crippen LogP contribution >= 0.6 is 7.60 Å². The molecule has 1 unspecified atom stereocenters. The van der Waals surface area contributed by atoms with E-state index in [2.05, 4.69) is 0 Å². The summed E-state index contributed by atoms with van der Waals surface area (Å²) in [6.45, 7) is 6.20. The van der Waals surface area contributed by atoms with Gasteiger partial charge in [-0.2, -0.15) is 0 Å². The van der Waals surface area contributed by atoms with Crippen molar-refractivity contribution in [2.45, 2.75) is 39.6 Å². The lowest BCUT2D eigenvalue weighted by atomic mass is 10.1. The van der Waals surface area contributed by atoms with Gasteiger partial charge in [0.05, 0.1) is 13.2 Å². The fraction of sp³-hybridized carbons (Fsp3) is 0.571. The molecular formula is C14H23O4P. The summed E-state index contributed by atoms with van der Waals surface area (Å²) in [7, 11) is -3.72. The summed E-state index contributed by atoms with van der Waals surface area (Å²) in [6.07, 6.45) is 0.501. The summed E-state index contributed by atoms with van der Waals surface area (Å²) in [6, 6.07) is 9.60. The molecule has 0 amide bonds. The van der Waals surface area contributed by atoms with E-state index in [9.17, 15) is 9.46 Å². The van der Waals surface area contributed by atoms with E-state index in [1.807, 2.05) is 44.2 Å². The van der Waals surface area contributed by atoms with Crippen LogP contribution in [0.2, 0.25) is 0 Å². The Hall–Kier alpha value is -0.670. The molecule has 19 heavy (non-hydrogen) atoms. The molecule has 2 atom stereocenters. The number of hydrogen-bond acceptors (Lipinski definition) is 3. The van der Waals surface area contributed by atoms with Gasteiger partial charge in [-0.25, -0.2) is 0 Å². The molecule has 0 aliphatic heterocycles. The molecule has 1 aromatic carbocycles. The molecule has 0 bridgehead atoms. The van der Waals surface area contributed by atoms with Crippen molar-refractivity contribution in [2.24, 2.45) is 5.92 Å². The Bertz CT molecular complexity index is 405. The van der Waals surface area contributed by atoms with Crippen LogP contribution in [0.1, 0.15) is 32.8 Å². The van der Waals surface area contributed by atoms with E-state index >= 15 is 0 Å². The average Bonchev–Trinajstić information content (AvgIpc) is 2.35. The van der Waals surface area contributed by atoms with Crippen LogP contribution in [0.3, 0.4) is 0 Å². The lowest BCUT2D eigenvalue weighted by Gasteiger charge is -2.24. The van der Waals surface area contributed by atoms with Crippen molar-refractivity contribution in [3.63, 3.8) is 0 Å². The minimum Gasteiger partial charge on any atom is -0.361 e. The number of ether oxygens (including phenoxy) is 1. The second kappa shape index (κ2) is 7.81. The highest BCUT2D eigenvalue weighted by Gasteiger charge is 2.33. The van der Waals surface area contributed by atoms with Gasteiger partial charge >= 0.3 is 7.60 Å². The second-order valence-corrected chi connectivity index (χ2v) is 6.83. The van der Waals surface area contributed by atoms with E-state index in [0.717, 1.165) is 5.56 Å². The van der Waals surface area contributed by atoms with Crippen molar-refractivity contribution in [1.82, 2.24) is 0 Å². The predicted molar refractivity (Wildman–Crippen MR) is 75.9 cm³/mol. The monoisotopic (exact) mass is 286 g/mol. The van der Waals surface area contributed by atoms with Crippen molar-refractivity contribution >= 4 is 7.60 Å². The van der Waals surface area contributed by atoms with Gasteiger partial charge in [-0.05, 0) is 24.8 Å². The zero-order valence-corrected chi connectivity index (χ0v) is 12.7. The Balaban J connectivity index is 2.67. The highest BCUT2D eigenvalue weighted by atomic mass is 31.2. The zero-order chi connectivity index (χ0) is 14.3. The minimum absolute atomic E-state index is 0.205. The Labute approximate surface area is 115 Å². The van der Waals surface area contributed by atoms with Crippen LogP contribution in [0.5, 0.6) is 0 Å². The van der Waals surface area contributed by atoms with Crippen LogP contribution in [-0.4, -0.2) is 17.3 Å². The molecular weight excluding hydrogens is 263 g/mol. The molecule has 0 heterocycles. The molecule has 0 radical (unpaired) electrons. The van der Waals surface area contributed by atoms with Gasteiger partial charge < -0.3 is 14.2 Å². The third-order valence-corrected chi connectivity index (χ3v) is 4.35. The smallest absolute Gasteiger partial charge is 0.356 e. The summed E-state index contributed by atoms with van der Waals surface area (Å²) in [5, 5.41) is 0. The van der Waals surface area contributed by atoms with Crippen LogP contribution in [0.25, 0.3) is 0 Å². The first-order chi connectivity index (χ1) is 8.95. The van der Waals surface area contributed by atoms with Crippen LogP contribution in [0.15, 0.2) is 30.3 Å². The molecule has 1 rings (SSSR count). The van der Waals surface area contributed by atoms with E-state index in [-0.39, 0.29) is 12.5 Å². The van der Waals surface area contributed by atoms with Gasteiger partial charge in [0.2, 0.25) is 0 Å². The van der Waals surface area contributed by atoms with Crippen molar-refractivity contribution < 1.29 is 18.7 Å². The summed E-state index contributed by atoms with van der Waals surface area (Å²) in [5.41, 5.74) is 0.979. The molecule has 0 aromatic heterocycles. The van der Waals surface area contributed by atoms with E-state index in [1.165, 1.54) is 0 Å². The van der Waals surface area contributed by atoms with Crippen molar-refractivity contribution in [3.05, 3.63) is 35.9 Å². The molecule has 1 aromatic rings. The fourth-order valence-electron chi connectivity index (χ4n) is 1.73. The molecule has 0 saturated carbocycles. The van der Waals surface area contributed by atoms with E-state index in [4.69, 9.17) is 9.26 Å². The van der Waals surface area contributed by atoms with Gasteiger partial charge in [0.1, 0.15) is 0 Å². The van der Waals surface area contributed by atoms with Crippen LogP contribution < -0.4 is 0 Å². The van der Waals surface area contributed by atoms with Crippen molar-refractivity contribution in [3.8, 4) is 0 Å². The summed E-state index contributed by atoms with van der Waals surface area (Å²) < 4.78 is 22.7. The topological polar surface area (TPSA) is 55.8 Å². The molecule has 1 N–H and O–H groups in total. The highest BCUT2D eigenvalue weighted by Crippen LogP contribution is 2.50. The Kier molecular flexibility index (Phi) is 6.73. The van der Waals surface area contributed by atoms with Crippen molar-refractivity contribution in [1.29, 1.82) is 0 Å². The summed E-state index contributed by atoms with van der Waals surface area (Å²) >= 11 is 0. The Morgan fingerprint density at radius 1 is 1.26 bits per heavy atom. The molecule has 0 spiro atoms. The second-order valence-electron chi connectivity index (χ2n) is 4.86. The van der Waals surface area contributed by atoms with Gasteiger partial charge in [0.15, 0.2) is 5.85 Å². The van der Waals surface area contributed by atoms with E-state index < -0.39 is 13.4 Å². The van der Waals surface area contributed by atoms with Crippen LogP contribution in [0, 0.1) is 5.92 Å². The minimum atomic E-state index is -3.72. The molecule has 0 fully saturated rings. The third kappa shape index (κ3) is 5.87. The SMILES string of the molecule is CCOP(=O)(O)[C@@H](CC(C)C)OCc1ccccc1. The molecule has 0 aliphatic rings. The molecule has 0 aliphatic carbocycles. The van der Waals surface area contributed by atoms with Gasteiger partial charge in [-0.15, -0.1) is 0 Å². The first-order valence-corrected chi connectivity index (χ1v) is 8.23. The van der Waals surface area contributed by atoms with Crippen LogP contribution in [-0.2, 0) is 20.4 Å². The van der Waals surface area contributed by atoms with Crippen LogP contribution in [0.4, 0.5) is 0 Å². The Morgan fingerprint density at radius 2 is 1.89 bits per heavy atom. The lowest BCUT2D eigenvalue weighted by Crippen LogP contribution is -2.17. The number of benzene rings is 1. The predicted octanol–water partition coefficient (Wildman–Crippen LogP) is 3.80. The van der Waals surface area contributed by atoms with Crippen molar-refractivity contribution in [2.75, 3.05) is 6.61 Å². The maximum absolute atomic E-state index is 12.1. The quantitative estimate of drug-likeness (QED) is 0.738. The maximum atomic E-state index is 12.1. The molecule has 4 nitrogen and oxygen atoms in total. The van der Waals surface area contributed by atoms with E-state index in [0.29, 0.717) is 13.0 Å². The fourth-order valence-corrected chi connectivity index (χ4v) is 3.22. The first-order valence-electron chi connectivity index (χ1n) is 6.58. The van der Waals surface area contributed by atoms with Gasteiger partial charge in [-0.1, -0.05) is 44.2 Å². The Morgan fingerprint density at radius 3 is 2.42 bits per heavy atom. The zero-order valence-electron chi connectivity index (χ0n) is 11.8. The molecule has 108 valence electrons. The summed E-state index contributed by atoms with van der Waals surface area (Å²) in [5.74, 6) is -0.505. The summed E-state index contributed by atoms with van der Waals surface area (Å²) in [4.78, 5) is 9.91. The van der Waals surface area contributed by atoms with E-state index in [1.54, 1.807) is 6.92 Å². The normalized spacial score (nSPS) is 16.3. The molecule has 0 saturated heterocycles. The van der Waals surface area contributed by atoms with Gasteiger partial charge in [-0.3, -0.25) is 4.57 Å². The average molecular weight is 286 g/mol. The lowest BCUT2D eigenvalue weighted by molar-refractivity contribution is 0.0548. The highest BCUT2D eigenvalue weighted by molar-refractivity contribution is 7.53. The van der Waals surface area contributed by atoms with Gasteiger partial charge in [0, 0.05) is 0 Å². The molecule has 5 heteroatoms.